The van der Waals surface area contributed by atoms with Crippen molar-refractivity contribution >= 4 is 17.5 Å². The van der Waals surface area contributed by atoms with Crippen LogP contribution >= 0.6 is 11.6 Å². The van der Waals surface area contributed by atoms with Gasteiger partial charge in [0.15, 0.2) is 0 Å². The molecule has 0 radical (unpaired) electrons. The van der Waals surface area contributed by atoms with Crippen molar-refractivity contribution in [3.8, 4) is 0 Å². The summed E-state index contributed by atoms with van der Waals surface area (Å²) in [7, 11) is 0. The zero-order chi connectivity index (χ0) is 13.7. The highest BCUT2D eigenvalue weighted by Gasteiger charge is 2.12. The van der Waals surface area contributed by atoms with Crippen LogP contribution in [-0.4, -0.2) is 17.6 Å². The molecule has 0 aliphatic carbocycles. The van der Waals surface area contributed by atoms with Crippen molar-refractivity contribution in [1.29, 1.82) is 0 Å². The van der Waals surface area contributed by atoms with Gasteiger partial charge in [0.2, 0.25) is 5.91 Å². The predicted molar refractivity (Wildman–Crippen MR) is 68.8 cm³/mol. The second-order valence-electron chi connectivity index (χ2n) is 4.59. The van der Waals surface area contributed by atoms with Gasteiger partial charge in [-0.25, -0.2) is 4.39 Å². The third-order valence-corrected chi connectivity index (χ3v) is 2.72. The van der Waals surface area contributed by atoms with E-state index in [1.165, 1.54) is 18.2 Å². The number of carbonyl (C=O) groups is 1. The van der Waals surface area contributed by atoms with Crippen molar-refractivity contribution in [2.24, 2.45) is 5.92 Å². The molecule has 0 aliphatic heterocycles. The summed E-state index contributed by atoms with van der Waals surface area (Å²) in [5.41, 5.74) is 0.391. The molecule has 18 heavy (non-hydrogen) atoms. The Morgan fingerprint density at radius 2 is 2.17 bits per heavy atom. The van der Waals surface area contributed by atoms with Gasteiger partial charge in [0.05, 0.1) is 11.1 Å². The molecule has 0 aliphatic rings. The van der Waals surface area contributed by atoms with Crippen molar-refractivity contribution in [2.75, 3.05) is 6.54 Å². The number of benzene rings is 1. The zero-order valence-corrected chi connectivity index (χ0v) is 11.2. The van der Waals surface area contributed by atoms with E-state index in [1.807, 2.05) is 13.8 Å². The quantitative estimate of drug-likeness (QED) is 0.867. The van der Waals surface area contributed by atoms with Crippen LogP contribution in [0.1, 0.15) is 31.9 Å². The highest BCUT2D eigenvalue weighted by atomic mass is 35.5. The standard InChI is InChI=1S/C13H17ClFNO2/c1-8(2)5-13(18)16-7-12(17)9-3-4-10(14)11(15)6-9/h3-4,6,8,12,17H,5,7H2,1-2H3,(H,16,18). The summed E-state index contributed by atoms with van der Waals surface area (Å²) in [4.78, 5) is 11.4. The highest BCUT2D eigenvalue weighted by Crippen LogP contribution is 2.19. The number of rotatable bonds is 5. The number of aliphatic hydroxyl groups is 1. The van der Waals surface area contributed by atoms with Crippen molar-refractivity contribution in [2.45, 2.75) is 26.4 Å². The molecule has 0 heterocycles. The number of hydrogen-bond donors (Lipinski definition) is 2. The van der Waals surface area contributed by atoms with E-state index in [0.29, 0.717) is 12.0 Å². The van der Waals surface area contributed by atoms with Crippen LogP contribution in [0.3, 0.4) is 0 Å². The smallest absolute Gasteiger partial charge is 0.220 e. The number of halogens is 2. The van der Waals surface area contributed by atoms with Crippen molar-refractivity contribution in [3.63, 3.8) is 0 Å². The summed E-state index contributed by atoms with van der Waals surface area (Å²) in [6.07, 6.45) is -0.533. The summed E-state index contributed by atoms with van der Waals surface area (Å²) in [5.74, 6) is -0.449. The largest absolute Gasteiger partial charge is 0.387 e. The van der Waals surface area contributed by atoms with Gasteiger partial charge in [0, 0.05) is 13.0 Å². The average molecular weight is 274 g/mol. The second kappa shape index (κ2) is 6.71. The van der Waals surface area contributed by atoms with Gasteiger partial charge >= 0.3 is 0 Å². The number of hydrogen-bond acceptors (Lipinski definition) is 2. The van der Waals surface area contributed by atoms with E-state index in [-0.39, 0.29) is 23.4 Å². The first-order valence-corrected chi connectivity index (χ1v) is 6.17. The normalized spacial score (nSPS) is 12.6. The molecular formula is C13H17ClFNO2. The van der Waals surface area contributed by atoms with Gasteiger partial charge < -0.3 is 10.4 Å². The number of aliphatic hydroxyl groups excluding tert-OH is 1. The van der Waals surface area contributed by atoms with Gasteiger partial charge in [-0.15, -0.1) is 0 Å². The molecule has 2 N–H and O–H groups in total. The molecule has 1 aromatic rings. The molecule has 1 amide bonds. The van der Waals surface area contributed by atoms with Gasteiger partial charge in [0.25, 0.3) is 0 Å². The van der Waals surface area contributed by atoms with Crippen molar-refractivity contribution in [1.82, 2.24) is 5.32 Å². The third kappa shape index (κ3) is 4.63. The lowest BCUT2D eigenvalue weighted by Crippen LogP contribution is -2.29. The Hall–Kier alpha value is -1.13. The van der Waals surface area contributed by atoms with E-state index < -0.39 is 11.9 Å². The second-order valence-corrected chi connectivity index (χ2v) is 5.00. The molecule has 0 saturated heterocycles. The van der Waals surface area contributed by atoms with Crippen molar-refractivity contribution in [3.05, 3.63) is 34.6 Å². The summed E-state index contributed by atoms with van der Waals surface area (Å²) in [5, 5.41) is 12.4. The molecule has 0 saturated carbocycles. The lowest BCUT2D eigenvalue weighted by molar-refractivity contribution is -0.122. The number of nitrogens with one attached hydrogen (secondary N) is 1. The lowest BCUT2D eigenvalue weighted by Gasteiger charge is -2.13. The summed E-state index contributed by atoms with van der Waals surface area (Å²) in [6.45, 7) is 3.93. The first-order chi connectivity index (χ1) is 8.40. The van der Waals surface area contributed by atoms with E-state index in [1.54, 1.807) is 0 Å². The Bertz CT molecular complexity index is 423. The predicted octanol–water partition coefficient (Wildman–Crippen LogP) is 2.67. The van der Waals surface area contributed by atoms with Crippen LogP contribution in [0, 0.1) is 11.7 Å². The molecule has 0 bridgehead atoms. The average Bonchev–Trinajstić information content (AvgIpc) is 2.28. The Morgan fingerprint density at radius 3 is 2.72 bits per heavy atom. The topological polar surface area (TPSA) is 49.3 Å². The first-order valence-electron chi connectivity index (χ1n) is 5.80. The maximum atomic E-state index is 13.2. The Morgan fingerprint density at radius 1 is 1.50 bits per heavy atom. The zero-order valence-electron chi connectivity index (χ0n) is 10.4. The molecule has 1 atom stereocenters. The summed E-state index contributed by atoms with van der Waals surface area (Å²) < 4.78 is 13.2. The van der Waals surface area contributed by atoms with Gasteiger partial charge in [-0.05, 0) is 23.6 Å². The van der Waals surface area contributed by atoms with Gasteiger partial charge in [0.1, 0.15) is 5.82 Å². The number of amides is 1. The third-order valence-electron chi connectivity index (χ3n) is 2.41. The molecule has 0 aromatic heterocycles. The minimum absolute atomic E-state index is 0.00907. The fraction of sp³-hybridized carbons (Fsp3) is 0.462. The molecule has 1 rings (SSSR count). The SMILES string of the molecule is CC(C)CC(=O)NCC(O)c1ccc(Cl)c(F)c1. The van der Waals surface area contributed by atoms with Crippen LogP contribution in [0.15, 0.2) is 18.2 Å². The Balaban J connectivity index is 2.52. The van der Waals surface area contributed by atoms with E-state index >= 15 is 0 Å². The van der Waals surface area contributed by atoms with Crippen molar-refractivity contribution < 1.29 is 14.3 Å². The van der Waals surface area contributed by atoms with E-state index in [9.17, 15) is 14.3 Å². The van der Waals surface area contributed by atoms with Crippen LogP contribution in [0.25, 0.3) is 0 Å². The number of carbonyl (C=O) groups excluding carboxylic acids is 1. The van der Waals surface area contributed by atoms with Crippen LogP contribution in [-0.2, 0) is 4.79 Å². The molecule has 1 aromatic carbocycles. The lowest BCUT2D eigenvalue weighted by atomic mass is 10.1. The highest BCUT2D eigenvalue weighted by molar-refractivity contribution is 6.30. The molecule has 1 unspecified atom stereocenters. The fourth-order valence-corrected chi connectivity index (χ4v) is 1.61. The maximum Gasteiger partial charge on any atom is 0.220 e. The molecule has 5 heteroatoms. The first kappa shape index (κ1) is 14.9. The van der Waals surface area contributed by atoms with Crippen LogP contribution in [0.2, 0.25) is 5.02 Å². The monoisotopic (exact) mass is 273 g/mol. The van der Waals surface area contributed by atoms with E-state index in [0.717, 1.165) is 0 Å². The molecule has 0 spiro atoms. The molecule has 100 valence electrons. The minimum atomic E-state index is -0.937. The molecular weight excluding hydrogens is 257 g/mol. The minimum Gasteiger partial charge on any atom is -0.387 e. The Kier molecular flexibility index (Phi) is 5.56. The van der Waals surface area contributed by atoms with E-state index in [4.69, 9.17) is 11.6 Å². The van der Waals surface area contributed by atoms with E-state index in [2.05, 4.69) is 5.32 Å². The van der Waals surface area contributed by atoms with Crippen LogP contribution in [0.5, 0.6) is 0 Å². The fourth-order valence-electron chi connectivity index (χ4n) is 1.49. The van der Waals surface area contributed by atoms with Crippen LogP contribution < -0.4 is 5.32 Å². The molecule has 3 nitrogen and oxygen atoms in total. The van der Waals surface area contributed by atoms with Gasteiger partial charge in [-0.1, -0.05) is 31.5 Å². The maximum absolute atomic E-state index is 13.2. The summed E-state index contributed by atoms with van der Waals surface area (Å²) in [6, 6.07) is 4.08. The summed E-state index contributed by atoms with van der Waals surface area (Å²) >= 11 is 5.54. The molecule has 0 fully saturated rings. The van der Waals surface area contributed by atoms with Crippen LogP contribution in [0.4, 0.5) is 4.39 Å². The Labute approximate surface area is 111 Å². The van der Waals surface area contributed by atoms with Gasteiger partial charge in [-0.3, -0.25) is 4.79 Å². The van der Waals surface area contributed by atoms with Gasteiger partial charge in [-0.2, -0.15) is 0 Å².